The van der Waals surface area contributed by atoms with Crippen molar-refractivity contribution in [3.63, 3.8) is 0 Å². The van der Waals surface area contributed by atoms with E-state index in [0.29, 0.717) is 26.2 Å². The normalized spacial score (nSPS) is 17.0. The molecule has 0 bridgehead atoms. The van der Waals surface area contributed by atoms with Crippen LogP contribution < -0.4 is 4.90 Å². The van der Waals surface area contributed by atoms with E-state index in [9.17, 15) is 15.0 Å². The molecule has 1 fully saturated rings. The molecule has 38 heavy (non-hydrogen) atoms. The Morgan fingerprint density at radius 1 is 1.00 bits per heavy atom. The largest absolute Gasteiger partial charge is 0.494 e. The van der Waals surface area contributed by atoms with Crippen LogP contribution >= 0.6 is 11.3 Å². The fraction of sp³-hybridized carbons (Fsp3) is 0.333. The van der Waals surface area contributed by atoms with Gasteiger partial charge in [0.05, 0.1) is 35.3 Å². The summed E-state index contributed by atoms with van der Waals surface area (Å²) in [6.07, 6.45) is 3.27. The van der Waals surface area contributed by atoms with Gasteiger partial charge in [0.15, 0.2) is 17.5 Å². The standard InChI is InChI=1S/C30H31N3O4S/c1-30(2)16-22-27(29(32-10-12-37-13-11-32)38-28(22)24(34)17-30)21-8-9-31-23(15-21)20-5-3-4-19(14-20)18-33-25(35)6-7-26(33)36/h3-9,14-15,35-36H,10-13,16-18H2,1-2H3. The van der Waals surface area contributed by atoms with Crippen LogP contribution in [0.4, 0.5) is 5.00 Å². The minimum Gasteiger partial charge on any atom is -0.494 e. The molecule has 2 aliphatic rings. The number of anilines is 1. The number of nitrogens with zero attached hydrogens (tertiary/aromatic N) is 3. The molecule has 2 N–H and O–H groups in total. The highest BCUT2D eigenvalue weighted by Gasteiger charge is 2.37. The van der Waals surface area contributed by atoms with Gasteiger partial charge >= 0.3 is 0 Å². The van der Waals surface area contributed by atoms with Crippen molar-refractivity contribution < 1.29 is 19.7 Å². The lowest BCUT2D eigenvalue weighted by molar-refractivity contribution is 0.0918. The fourth-order valence-corrected chi connectivity index (χ4v) is 6.88. The molecule has 1 saturated heterocycles. The second-order valence-electron chi connectivity index (χ2n) is 10.9. The van der Waals surface area contributed by atoms with Gasteiger partial charge in [0.1, 0.15) is 0 Å². The van der Waals surface area contributed by atoms with E-state index < -0.39 is 0 Å². The number of benzene rings is 1. The summed E-state index contributed by atoms with van der Waals surface area (Å²) in [5.74, 6) is 0.271. The van der Waals surface area contributed by atoms with Gasteiger partial charge in [-0.05, 0) is 46.7 Å². The average molecular weight is 530 g/mol. The van der Waals surface area contributed by atoms with E-state index in [0.717, 1.165) is 62.9 Å². The molecule has 1 aliphatic heterocycles. The van der Waals surface area contributed by atoms with Gasteiger partial charge in [0.25, 0.3) is 0 Å². The summed E-state index contributed by atoms with van der Waals surface area (Å²) in [5.41, 5.74) is 6.00. The molecule has 0 radical (unpaired) electrons. The summed E-state index contributed by atoms with van der Waals surface area (Å²) in [4.78, 5) is 21.1. The molecule has 0 atom stereocenters. The molecule has 6 rings (SSSR count). The molecule has 3 aromatic heterocycles. The monoisotopic (exact) mass is 529 g/mol. The van der Waals surface area contributed by atoms with Crippen molar-refractivity contribution in [3.05, 3.63) is 70.7 Å². The van der Waals surface area contributed by atoms with Crippen LogP contribution in [-0.4, -0.2) is 51.9 Å². The van der Waals surface area contributed by atoms with Crippen molar-refractivity contribution in [2.45, 2.75) is 33.2 Å². The minimum atomic E-state index is -0.0814. The van der Waals surface area contributed by atoms with E-state index >= 15 is 0 Å². The third-order valence-corrected chi connectivity index (χ3v) is 8.71. The lowest BCUT2D eigenvalue weighted by atomic mass is 9.75. The van der Waals surface area contributed by atoms with E-state index in [2.05, 4.69) is 29.8 Å². The number of carbonyl (C=O) groups is 1. The number of ketones is 1. The van der Waals surface area contributed by atoms with Crippen LogP contribution in [0.1, 0.15) is 41.1 Å². The molecule has 4 aromatic rings. The summed E-state index contributed by atoms with van der Waals surface area (Å²) < 4.78 is 7.07. The number of hydrogen-bond acceptors (Lipinski definition) is 7. The summed E-state index contributed by atoms with van der Waals surface area (Å²) >= 11 is 1.63. The lowest BCUT2D eigenvalue weighted by Crippen LogP contribution is -2.36. The third kappa shape index (κ3) is 4.59. The van der Waals surface area contributed by atoms with E-state index in [4.69, 9.17) is 4.74 Å². The maximum atomic E-state index is 13.2. The Morgan fingerprint density at radius 3 is 2.53 bits per heavy atom. The summed E-state index contributed by atoms with van der Waals surface area (Å²) in [7, 11) is 0. The topological polar surface area (TPSA) is 87.8 Å². The highest BCUT2D eigenvalue weighted by Crippen LogP contribution is 2.49. The first-order chi connectivity index (χ1) is 18.3. The van der Waals surface area contributed by atoms with Crippen LogP contribution in [-0.2, 0) is 17.7 Å². The first-order valence-corrected chi connectivity index (χ1v) is 13.8. The second kappa shape index (κ2) is 9.60. The van der Waals surface area contributed by atoms with Crippen molar-refractivity contribution in [1.29, 1.82) is 0 Å². The first-order valence-electron chi connectivity index (χ1n) is 12.9. The fourth-order valence-electron chi connectivity index (χ4n) is 5.55. The maximum Gasteiger partial charge on any atom is 0.194 e. The maximum absolute atomic E-state index is 13.2. The Morgan fingerprint density at radius 2 is 1.76 bits per heavy atom. The zero-order valence-electron chi connectivity index (χ0n) is 21.6. The van der Waals surface area contributed by atoms with Crippen LogP contribution in [0, 0.1) is 5.41 Å². The van der Waals surface area contributed by atoms with E-state index in [1.54, 1.807) is 11.3 Å². The number of pyridine rings is 1. The van der Waals surface area contributed by atoms with Gasteiger partial charge in [-0.3, -0.25) is 14.3 Å². The molecule has 0 spiro atoms. The van der Waals surface area contributed by atoms with Crippen molar-refractivity contribution in [2.75, 3.05) is 31.2 Å². The third-order valence-electron chi connectivity index (χ3n) is 7.38. The Balaban J connectivity index is 1.42. The highest BCUT2D eigenvalue weighted by atomic mass is 32.1. The number of hydrogen-bond donors (Lipinski definition) is 2. The van der Waals surface area contributed by atoms with Gasteiger partial charge in [-0.2, -0.15) is 0 Å². The minimum absolute atomic E-state index is 0.0170. The van der Waals surface area contributed by atoms with Crippen LogP contribution in [0.2, 0.25) is 0 Å². The number of morpholine rings is 1. The number of Topliss-reactive ketones (excluding diaryl/α,β-unsaturated/α-hetero) is 1. The Bertz CT molecular complexity index is 1490. The molecule has 7 nitrogen and oxygen atoms in total. The molecular formula is C30H31N3O4S. The second-order valence-corrected chi connectivity index (χ2v) is 11.9. The molecule has 1 aliphatic carbocycles. The van der Waals surface area contributed by atoms with Gasteiger partial charge in [0.2, 0.25) is 0 Å². The first kappa shape index (κ1) is 24.7. The number of thiophene rings is 1. The van der Waals surface area contributed by atoms with Crippen LogP contribution in [0.15, 0.2) is 54.7 Å². The summed E-state index contributed by atoms with van der Waals surface area (Å²) in [5, 5.41) is 21.3. The Kier molecular flexibility index (Phi) is 6.24. The van der Waals surface area contributed by atoms with Gasteiger partial charge in [-0.25, -0.2) is 0 Å². The molecule has 196 valence electrons. The molecular weight excluding hydrogens is 498 g/mol. The molecule has 1 aromatic carbocycles. The van der Waals surface area contributed by atoms with Crippen molar-refractivity contribution in [3.8, 4) is 34.1 Å². The Labute approximate surface area is 226 Å². The lowest BCUT2D eigenvalue weighted by Gasteiger charge is -2.30. The Hall–Kier alpha value is -3.62. The summed E-state index contributed by atoms with van der Waals surface area (Å²) in [6, 6.07) is 15.1. The van der Waals surface area contributed by atoms with Gasteiger partial charge in [0, 0.05) is 49.0 Å². The quantitative estimate of drug-likeness (QED) is 0.343. The smallest absolute Gasteiger partial charge is 0.194 e. The number of fused-ring (bicyclic) bond motifs is 1. The van der Waals surface area contributed by atoms with Gasteiger partial charge in [-0.15, -0.1) is 11.3 Å². The average Bonchev–Trinajstić information content (AvgIpc) is 3.44. The number of ether oxygens (including phenoxy) is 1. The SMILES string of the molecule is CC1(C)CC(=O)c2sc(N3CCOCC3)c(-c3ccnc(-c4cccc(Cn5c(O)ccc5O)c4)c3)c2C1. The van der Waals surface area contributed by atoms with Gasteiger partial charge < -0.3 is 19.8 Å². The van der Waals surface area contributed by atoms with E-state index in [1.165, 1.54) is 16.7 Å². The molecule has 0 amide bonds. The predicted octanol–water partition coefficient (Wildman–Crippen LogP) is 5.73. The number of carbonyl (C=O) groups excluding carboxylic acids is 1. The van der Waals surface area contributed by atoms with E-state index in [1.807, 2.05) is 36.5 Å². The van der Waals surface area contributed by atoms with E-state index in [-0.39, 0.29) is 23.0 Å². The molecule has 8 heteroatoms. The number of rotatable bonds is 5. The molecule has 4 heterocycles. The van der Waals surface area contributed by atoms with Gasteiger partial charge in [-0.1, -0.05) is 32.0 Å². The summed E-state index contributed by atoms with van der Waals surface area (Å²) in [6.45, 7) is 7.67. The highest BCUT2D eigenvalue weighted by molar-refractivity contribution is 7.19. The molecule has 0 unspecified atom stereocenters. The zero-order chi connectivity index (χ0) is 26.4. The van der Waals surface area contributed by atoms with Crippen LogP contribution in [0.25, 0.3) is 22.4 Å². The van der Waals surface area contributed by atoms with Crippen molar-refractivity contribution >= 4 is 22.1 Å². The number of aromatic nitrogens is 2. The van der Waals surface area contributed by atoms with Crippen molar-refractivity contribution in [2.24, 2.45) is 5.41 Å². The zero-order valence-corrected chi connectivity index (χ0v) is 22.4. The van der Waals surface area contributed by atoms with Crippen molar-refractivity contribution in [1.82, 2.24) is 9.55 Å². The van der Waals surface area contributed by atoms with Crippen LogP contribution in [0.3, 0.4) is 0 Å². The predicted molar refractivity (Wildman–Crippen MR) is 149 cm³/mol. The van der Waals surface area contributed by atoms with Crippen LogP contribution in [0.5, 0.6) is 11.8 Å². The number of aromatic hydroxyl groups is 2. The molecule has 0 saturated carbocycles.